The molecule has 3 N–H and O–H groups in total. The Bertz CT molecular complexity index is 515. The van der Waals surface area contributed by atoms with Crippen molar-refractivity contribution in [2.24, 2.45) is 16.8 Å². The highest BCUT2D eigenvalue weighted by Gasteiger charge is 2.22. The van der Waals surface area contributed by atoms with Gasteiger partial charge >= 0.3 is 0 Å². The van der Waals surface area contributed by atoms with Gasteiger partial charge in [0.25, 0.3) is 0 Å². The zero-order valence-corrected chi connectivity index (χ0v) is 12.4. The van der Waals surface area contributed by atoms with Crippen molar-refractivity contribution in [3.8, 4) is 0 Å². The van der Waals surface area contributed by atoms with Gasteiger partial charge in [0.2, 0.25) is 0 Å². The fourth-order valence-corrected chi connectivity index (χ4v) is 2.65. The van der Waals surface area contributed by atoms with Gasteiger partial charge < -0.3 is 15.8 Å². The van der Waals surface area contributed by atoms with E-state index in [2.05, 4.69) is 27.2 Å². The van der Waals surface area contributed by atoms with Crippen molar-refractivity contribution < 1.29 is 5.21 Å². The minimum absolute atomic E-state index is 0.104. The second-order valence-corrected chi connectivity index (χ2v) is 5.62. The molecular weight excluding hydrogens is 254 g/mol. The maximum Gasteiger partial charge on any atom is 0.174 e. The first-order chi connectivity index (χ1) is 9.54. The molecule has 1 atom stereocenters. The number of anilines is 1. The molecule has 1 fully saturated rings. The largest absolute Gasteiger partial charge is 0.409 e. The molecule has 1 aliphatic rings. The van der Waals surface area contributed by atoms with Crippen LogP contribution in [0.4, 0.5) is 5.82 Å². The molecule has 0 aliphatic carbocycles. The fraction of sp³-hybridized carbons (Fsp3) is 0.643. The van der Waals surface area contributed by atoms with Crippen LogP contribution in [0.2, 0.25) is 0 Å². The summed E-state index contributed by atoms with van der Waals surface area (Å²) in [5.74, 6) is 1.57. The van der Waals surface area contributed by atoms with Crippen molar-refractivity contribution in [3.63, 3.8) is 0 Å². The van der Waals surface area contributed by atoms with Crippen LogP contribution in [0, 0.1) is 19.8 Å². The number of nitrogens with two attached hydrogens (primary N) is 1. The summed E-state index contributed by atoms with van der Waals surface area (Å²) in [6, 6.07) is 0. The molecule has 6 nitrogen and oxygen atoms in total. The normalized spacial score (nSPS) is 20.9. The van der Waals surface area contributed by atoms with Gasteiger partial charge in [-0.05, 0) is 44.6 Å². The summed E-state index contributed by atoms with van der Waals surface area (Å²) in [6.07, 6.45) is 3.49. The number of hydrogen-bond acceptors (Lipinski definition) is 5. The highest BCUT2D eigenvalue weighted by Crippen LogP contribution is 2.26. The minimum Gasteiger partial charge on any atom is -0.409 e. The maximum absolute atomic E-state index is 9.02. The van der Waals surface area contributed by atoms with Gasteiger partial charge in [-0.1, -0.05) is 12.1 Å². The summed E-state index contributed by atoms with van der Waals surface area (Å²) in [5, 5.41) is 20.7. The van der Waals surface area contributed by atoms with Gasteiger partial charge in [-0.15, -0.1) is 5.10 Å². The Kier molecular flexibility index (Phi) is 4.42. The first-order valence-electron chi connectivity index (χ1n) is 7.11. The summed E-state index contributed by atoms with van der Waals surface area (Å²) >= 11 is 0. The predicted molar refractivity (Wildman–Crippen MR) is 79.2 cm³/mol. The SMILES string of the molecule is Cc1nnc(N2CCCC(C)CC2)c(C(N)=NO)c1C. The Morgan fingerprint density at radius 1 is 1.30 bits per heavy atom. The quantitative estimate of drug-likeness (QED) is 0.372. The summed E-state index contributed by atoms with van der Waals surface area (Å²) < 4.78 is 0. The smallest absolute Gasteiger partial charge is 0.174 e. The second kappa shape index (κ2) is 6.07. The molecule has 0 amide bonds. The summed E-state index contributed by atoms with van der Waals surface area (Å²) in [6.45, 7) is 7.96. The van der Waals surface area contributed by atoms with Crippen molar-refractivity contribution in [2.75, 3.05) is 18.0 Å². The molecule has 0 aromatic carbocycles. The van der Waals surface area contributed by atoms with Crippen LogP contribution in [0.3, 0.4) is 0 Å². The Labute approximate surface area is 119 Å². The van der Waals surface area contributed by atoms with E-state index in [-0.39, 0.29) is 5.84 Å². The van der Waals surface area contributed by atoms with E-state index in [4.69, 9.17) is 10.9 Å². The molecule has 1 aromatic heterocycles. The molecule has 110 valence electrons. The summed E-state index contributed by atoms with van der Waals surface area (Å²) in [4.78, 5) is 2.20. The molecule has 2 heterocycles. The van der Waals surface area contributed by atoms with Gasteiger partial charge in [-0.25, -0.2) is 0 Å². The lowest BCUT2D eigenvalue weighted by Gasteiger charge is -2.24. The number of aryl methyl sites for hydroxylation is 1. The zero-order valence-electron chi connectivity index (χ0n) is 12.4. The van der Waals surface area contributed by atoms with E-state index in [0.29, 0.717) is 5.56 Å². The molecule has 0 spiro atoms. The number of hydrogen-bond donors (Lipinski definition) is 2. The molecule has 1 aliphatic heterocycles. The van der Waals surface area contributed by atoms with Gasteiger partial charge in [0.15, 0.2) is 11.7 Å². The number of amidine groups is 1. The third kappa shape index (κ3) is 2.84. The van der Waals surface area contributed by atoms with Gasteiger partial charge in [-0.2, -0.15) is 5.10 Å². The highest BCUT2D eigenvalue weighted by atomic mass is 16.4. The average molecular weight is 277 g/mol. The lowest BCUT2D eigenvalue weighted by Crippen LogP contribution is -2.30. The molecule has 0 bridgehead atoms. The van der Waals surface area contributed by atoms with Gasteiger partial charge in [-0.3, -0.25) is 0 Å². The van der Waals surface area contributed by atoms with Crippen LogP contribution in [0.25, 0.3) is 0 Å². The average Bonchev–Trinajstić information content (AvgIpc) is 2.65. The Morgan fingerprint density at radius 2 is 2.05 bits per heavy atom. The molecule has 1 unspecified atom stereocenters. The Hall–Kier alpha value is -1.85. The van der Waals surface area contributed by atoms with Gasteiger partial charge in [0, 0.05) is 13.1 Å². The van der Waals surface area contributed by atoms with E-state index in [0.717, 1.165) is 48.9 Å². The van der Waals surface area contributed by atoms with E-state index in [9.17, 15) is 0 Å². The number of aromatic nitrogens is 2. The molecule has 2 rings (SSSR count). The van der Waals surface area contributed by atoms with E-state index in [1.807, 2.05) is 13.8 Å². The molecule has 1 aromatic rings. The van der Waals surface area contributed by atoms with Crippen LogP contribution < -0.4 is 10.6 Å². The van der Waals surface area contributed by atoms with E-state index < -0.39 is 0 Å². The van der Waals surface area contributed by atoms with Gasteiger partial charge in [0.1, 0.15) is 0 Å². The number of oxime groups is 1. The molecule has 20 heavy (non-hydrogen) atoms. The predicted octanol–water partition coefficient (Wildman–Crippen LogP) is 1.81. The molecule has 6 heteroatoms. The molecule has 0 radical (unpaired) electrons. The fourth-order valence-electron chi connectivity index (χ4n) is 2.65. The Morgan fingerprint density at radius 3 is 2.75 bits per heavy atom. The second-order valence-electron chi connectivity index (χ2n) is 5.62. The number of rotatable bonds is 2. The minimum atomic E-state index is 0.104. The molecular formula is C14H23N5O. The van der Waals surface area contributed by atoms with Crippen LogP contribution in [0.15, 0.2) is 5.16 Å². The van der Waals surface area contributed by atoms with Crippen molar-refractivity contribution in [2.45, 2.75) is 40.0 Å². The van der Waals surface area contributed by atoms with Crippen LogP contribution in [-0.4, -0.2) is 34.3 Å². The maximum atomic E-state index is 9.02. The Balaban J connectivity index is 2.43. The van der Waals surface area contributed by atoms with E-state index in [1.54, 1.807) is 0 Å². The summed E-state index contributed by atoms with van der Waals surface area (Å²) in [5.41, 5.74) is 8.27. The van der Waals surface area contributed by atoms with Gasteiger partial charge in [0.05, 0.1) is 11.3 Å². The monoisotopic (exact) mass is 277 g/mol. The first kappa shape index (κ1) is 14.6. The van der Waals surface area contributed by atoms with Crippen molar-refractivity contribution in [1.82, 2.24) is 10.2 Å². The highest BCUT2D eigenvalue weighted by molar-refractivity contribution is 6.02. The van der Waals surface area contributed by atoms with Crippen LogP contribution in [0.5, 0.6) is 0 Å². The third-order valence-corrected chi connectivity index (χ3v) is 4.12. The topological polar surface area (TPSA) is 87.6 Å². The lowest BCUT2D eigenvalue weighted by atomic mass is 10.0. The third-order valence-electron chi connectivity index (χ3n) is 4.12. The van der Waals surface area contributed by atoms with Crippen molar-refractivity contribution >= 4 is 11.7 Å². The van der Waals surface area contributed by atoms with E-state index in [1.165, 1.54) is 6.42 Å². The standard InChI is InChI=1S/C14H23N5O/c1-9-5-4-7-19(8-6-9)14-12(13(15)18-20)10(2)11(3)16-17-14/h9,20H,4-8H2,1-3H3,(H2,15,18). The van der Waals surface area contributed by atoms with Crippen LogP contribution in [0.1, 0.15) is 43.0 Å². The molecule has 1 saturated heterocycles. The van der Waals surface area contributed by atoms with Crippen molar-refractivity contribution in [1.29, 1.82) is 0 Å². The molecule has 0 saturated carbocycles. The lowest BCUT2D eigenvalue weighted by molar-refractivity contribution is 0.318. The first-order valence-corrected chi connectivity index (χ1v) is 7.11. The van der Waals surface area contributed by atoms with Crippen LogP contribution in [-0.2, 0) is 0 Å². The van der Waals surface area contributed by atoms with Crippen LogP contribution >= 0.6 is 0 Å². The summed E-state index contributed by atoms with van der Waals surface area (Å²) in [7, 11) is 0. The van der Waals surface area contributed by atoms with E-state index >= 15 is 0 Å². The number of nitrogens with zero attached hydrogens (tertiary/aromatic N) is 4. The van der Waals surface area contributed by atoms with Crippen molar-refractivity contribution in [3.05, 3.63) is 16.8 Å². The zero-order chi connectivity index (χ0) is 14.7.